The molecule has 3 rings (SSSR count). The van der Waals surface area contributed by atoms with Crippen LogP contribution in [0.25, 0.3) is 0 Å². The molecular weight excluding hydrogens is 419 g/mol. The van der Waals surface area contributed by atoms with E-state index in [0.717, 1.165) is 22.7 Å². The van der Waals surface area contributed by atoms with Crippen LogP contribution in [0.3, 0.4) is 0 Å². The minimum absolute atomic E-state index is 0.0695. The molecule has 0 radical (unpaired) electrons. The van der Waals surface area contributed by atoms with E-state index in [-0.39, 0.29) is 27.9 Å². The molecule has 0 bridgehead atoms. The van der Waals surface area contributed by atoms with Crippen LogP contribution in [-0.2, 0) is 10.0 Å². The molecule has 1 fully saturated rings. The Bertz CT molecular complexity index is 987. The van der Waals surface area contributed by atoms with E-state index in [1.54, 1.807) is 18.2 Å². The quantitative estimate of drug-likeness (QED) is 0.658. The molecule has 150 valence electrons. The van der Waals surface area contributed by atoms with Crippen LogP contribution in [0.5, 0.6) is 0 Å². The van der Waals surface area contributed by atoms with Crippen LogP contribution in [0.1, 0.15) is 41.7 Å². The highest BCUT2D eigenvalue weighted by Crippen LogP contribution is 2.36. The third-order valence-corrected chi connectivity index (χ3v) is 7.43. The van der Waals surface area contributed by atoms with Crippen LogP contribution >= 0.6 is 23.2 Å². The van der Waals surface area contributed by atoms with Gasteiger partial charge in [-0.3, -0.25) is 4.79 Å². The molecule has 28 heavy (non-hydrogen) atoms. The molecule has 0 aliphatic heterocycles. The van der Waals surface area contributed by atoms with E-state index in [2.05, 4.69) is 0 Å². The molecule has 1 aliphatic carbocycles. The van der Waals surface area contributed by atoms with Crippen LogP contribution in [0.2, 0.25) is 10.0 Å². The predicted octanol–water partition coefficient (Wildman–Crippen LogP) is 4.61. The highest BCUT2D eigenvalue weighted by atomic mass is 35.5. The molecule has 2 aromatic carbocycles. The van der Waals surface area contributed by atoms with Crippen LogP contribution in [0.4, 0.5) is 0 Å². The number of nitrogens with zero attached hydrogens (tertiary/aromatic N) is 2. The van der Waals surface area contributed by atoms with Gasteiger partial charge in [0.1, 0.15) is 4.90 Å². The van der Waals surface area contributed by atoms with Crippen molar-refractivity contribution in [2.75, 3.05) is 14.1 Å². The number of hydrogen-bond acceptors (Lipinski definition) is 3. The molecule has 5 nitrogen and oxygen atoms in total. The summed E-state index contributed by atoms with van der Waals surface area (Å²) in [6.07, 6.45) is 1.86. The Morgan fingerprint density at radius 3 is 2.21 bits per heavy atom. The van der Waals surface area contributed by atoms with Crippen molar-refractivity contribution in [2.45, 2.75) is 36.7 Å². The standard InChI is InChI=1S/C20H22Cl2N2O3S/c1-13(14-4-7-16(21)8-5-14)24(17-9-10-17)20(25)15-6-11-18(22)19(12-15)28(26,27)23(2)3/h4-8,11-13,17H,9-10H2,1-3H3. The smallest absolute Gasteiger partial charge is 0.254 e. The van der Waals surface area contributed by atoms with E-state index in [1.807, 2.05) is 24.0 Å². The molecule has 2 aromatic rings. The molecule has 0 aromatic heterocycles. The molecular formula is C20H22Cl2N2O3S. The monoisotopic (exact) mass is 440 g/mol. The molecule has 1 unspecified atom stereocenters. The summed E-state index contributed by atoms with van der Waals surface area (Å²) < 4.78 is 26.2. The first kappa shape index (κ1) is 21.1. The lowest BCUT2D eigenvalue weighted by molar-refractivity contribution is 0.0673. The van der Waals surface area contributed by atoms with E-state index >= 15 is 0 Å². The Morgan fingerprint density at radius 2 is 1.68 bits per heavy atom. The Morgan fingerprint density at radius 1 is 1.07 bits per heavy atom. The lowest BCUT2D eigenvalue weighted by Crippen LogP contribution is -2.35. The van der Waals surface area contributed by atoms with Crippen molar-refractivity contribution in [3.63, 3.8) is 0 Å². The number of rotatable bonds is 6. The zero-order valence-corrected chi connectivity index (χ0v) is 18.2. The van der Waals surface area contributed by atoms with Crippen LogP contribution in [-0.4, -0.2) is 43.7 Å². The van der Waals surface area contributed by atoms with Crippen molar-refractivity contribution < 1.29 is 13.2 Å². The first-order valence-electron chi connectivity index (χ1n) is 8.93. The van der Waals surface area contributed by atoms with Crippen LogP contribution in [0.15, 0.2) is 47.4 Å². The number of carbonyl (C=O) groups excluding carboxylic acids is 1. The Labute approximate surface area is 175 Å². The van der Waals surface area contributed by atoms with E-state index in [9.17, 15) is 13.2 Å². The lowest BCUT2D eigenvalue weighted by Gasteiger charge is -2.30. The maximum absolute atomic E-state index is 13.3. The van der Waals surface area contributed by atoms with Gasteiger partial charge in [0, 0.05) is 30.7 Å². The first-order chi connectivity index (χ1) is 13.1. The number of amides is 1. The number of hydrogen-bond donors (Lipinski definition) is 0. The second-order valence-corrected chi connectivity index (χ2v) is 10.1. The van der Waals surface area contributed by atoms with Gasteiger partial charge in [-0.05, 0) is 55.7 Å². The summed E-state index contributed by atoms with van der Waals surface area (Å²) in [6, 6.07) is 11.8. The molecule has 0 saturated heterocycles. The van der Waals surface area contributed by atoms with Gasteiger partial charge in [0.2, 0.25) is 10.0 Å². The van der Waals surface area contributed by atoms with Gasteiger partial charge >= 0.3 is 0 Å². The van der Waals surface area contributed by atoms with E-state index in [0.29, 0.717) is 10.6 Å². The summed E-state index contributed by atoms with van der Waals surface area (Å²) in [5.41, 5.74) is 1.28. The molecule has 0 heterocycles. The SMILES string of the molecule is CC(c1ccc(Cl)cc1)N(C(=O)c1ccc(Cl)c(S(=O)(=O)N(C)C)c1)C1CC1. The van der Waals surface area contributed by atoms with E-state index < -0.39 is 10.0 Å². The topological polar surface area (TPSA) is 57.7 Å². The van der Waals surface area contributed by atoms with Gasteiger partial charge in [0.25, 0.3) is 5.91 Å². The maximum Gasteiger partial charge on any atom is 0.254 e. The van der Waals surface area contributed by atoms with Gasteiger partial charge in [-0.15, -0.1) is 0 Å². The number of carbonyl (C=O) groups is 1. The highest BCUT2D eigenvalue weighted by molar-refractivity contribution is 7.89. The fourth-order valence-electron chi connectivity index (χ4n) is 3.09. The fraction of sp³-hybridized carbons (Fsp3) is 0.350. The second-order valence-electron chi connectivity index (χ2n) is 7.10. The molecule has 1 aliphatic rings. The summed E-state index contributed by atoms with van der Waals surface area (Å²) in [7, 11) is -0.895. The van der Waals surface area contributed by atoms with Gasteiger partial charge in [-0.2, -0.15) is 0 Å². The zero-order chi connectivity index (χ0) is 20.6. The molecule has 0 N–H and O–H groups in total. The number of benzene rings is 2. The van der Waals surface area contributed by atoms with Gasteiger partial charge in [0.05, 0.1) is 11.1 Å². The molecule has 8 heteroatoms. The molecule has 1 amide bonds. The predicted molar refractivity (Wildman–Crippen MR) is 111 cm³/mol. The average Bonchev–Trinajstić information content (AvgIpc) is 3.47. The Kier molecular flexibility index (Phi) is 6.05. The normalized spacial score (nSPS) is 15.5. The van der Waals surface area contributed by atoms with Crippen molar-refractivity contribution in [1.82, 2.24) is 9.21 Å². The minimum atomic E-state index is -3.76. The summed E-state index contributed by atoms with van der Waals surface area (Å²) >= 11 is 12.1. The number of halogens is 2. The van der Waals surface area contributed by atoms with Crippen molar-refractivity contribution in [1.29, 1.82) is 0 Å². The number of sulfonamides is 1. The fourth-order valence-corrected chi connectivity index (χ4v) is 4.61. The van der Waals surface area contributed by atoms with Gasteiger partial charge in [-0.1, -0.05) is 35.3 Å². The van der Waals surface area contributed by atoms with Gasteiger partial charge in [0.15, 0.2) is 0 Å². The largest absolute Gasteiger partial charge is 0.329 e. The van der Waals surface area contributed by atoms with E-state index in [4.69, 9.17) is 23.2 Å². The summed E-state index contributed by atoms with van der Waals surface area (Å²) in [5, 5.41) is 0.727. The molecule has 0 spiro atoms. The average molecular weight is 441 g/mol. The third-order valence-electron chi connectivity index (χ3n) is 4.88. The van der Waals surface area contributed by atoms with Gasteiger partial charge in [-0.25, -0.2) is 12.7 Å². The molecule has 1 atom stereocenters. The van der Waals surface area contributed by atoms with E-state index in [1.165, 1.54) is 26.2 Å². The van der Waals surface area contributed by atoms with Gasteiger partial charge < -0.3 is 4.90 Å². The highest BCUT2D eigenvalue weighted by Gasteiger charge is 2.37. The Hall–Kier alpha value is -1.60. The maximum atomic E-state index is 13.3. The van der Waals surface area contributed by atoms with Crippen molar-refractivity contribution in [3.8, 4) is 0 Å². The lowest BCUT2D eigenvalue weighted by atomic mass is 10.1. The van der Waals surface area contributed by atoms with Crippen LogP contribution < -0.4 is 0 Å². The summed E-state index contributed by atoms with van der Waals surface area (Å²) in [4.78, 5) is 15.1. The van der Waals surface area contributed by atoms with Crippen molar-refractivity contribution >= 4 is 39.1 Å². The first-order valence-corrected chi connectivity index (χ1v) is 11.1. The zero-order valence-electron chi connectivity index (χ0n) is 15.9. The third kappa shape index (κ3) is 4.20. The molecule has 1 saturated carbocycles. The second kappa shape index (κ2) is 8.03. The minimum Gasteiger partial charge on any atom is -0.329 e. The summed E-state index contributed by atoms with van der Waals surface area (Å²) in [5.74, 6) is -0.211. The Balaban J connectivity index is 1.98. The van der Waals surface area contributed by atoms with Crippen molar-refractivity contribution in [2.24, 2.45) is 0 Å². The van der Waals surface area contributed by atoms with Crippen molar-refractivity contribution in [3.05, 3.63) is 63.6 Å². The summed E-state index contributed by atoms with van der Waals surface area (Å²) in [6.45, 7) is 1.97. The van der Waals surface area contributed by atoms with Crippen LogP contribution in [0, 0.1) is 0 Å².